The van der Waals surface area contributed by atoms with Crippen molar-refractivity contribution in [1.82, 2.24) is 10.4 Å². The highest BCUT2D eigenvalue weighted by atomic mass is 31.2. The average Bonchev–Trinajstić information content (AvgIpc) is 2.36. The second kappa shape index (κ2) is 6.86. The zero-order valence-corrected chi connectivity index (χ0v) is 12.2. The molecule has 102 valence electrons. The average molecular weight is 264 g/mol. The Morgan fingerprint density at radius 2 is 1.71 bits per heavy atom. The first kappa shape index (κ1) is 15.1. The van der Waals surface area contributed by atoms with Gasteiger partial charge < -0.3 is 9.05 Å². The molecule has 0 aromatic carbocycles. The minimum absolute atomic E-state index is 0.243. The number of rotatable bonds is 6. The van der Waals surface area contributed by atoms with Gasteiger partial charge in [0, 0.05) is 28.3 Å². The van der Waals surface area contributed by atoms with Gasteiger partial charge in [-0.2, -0.15) is 0 Å². The van der Waals surface area contributed by atoms with Crippen LogP contribution in [-0.2, 0) is 13.6 Å². The van der Waals surface area contributed by atoms with E-state index in [1.165, 1.54) is 33.5 Å². The van der Waals surface area contributed by atoms with Gasteiger partial charge in [0.2, 0.25) is 0 Å². The second-order valence-electron chi connectivity index (χ2n) is 4.77. The fourth-order valence-corrected chi connectivity index (χ4v) is 4.24. The van der Waals surface area contributed by atoms with E-state index in [1.807, 2.05) is 19.1 Å². The Hall–Kier alpha value is 0.0700. The van der Waals surface area contributed by atoms with Gasteiger partial charge in [-0.15, -0.1) is 0 Å². The van der Waals surface area contributed by atoms with Crippen molar-refractivity contribution in [1.29, 1.82) is 0 Å². The van der Waals surface area contributed by atoms with E-state index in [0.717, 1.165) is 12.8 Å². The van der Waals surface area contributed by atoms with Gasteiger partial charge in [-0.1, -0.05) is 19.3 Å². The number of hydrazine groups is 1. The Bertz CT molecular complexity index is 259. The van der Waals surface area contributed by atoms with Crippen LogP contribution in [0, 0.1) is 5.92 Å². The Morgan fingerprint density at radius 1 is 1.18 bits per heavy atom. The highest BCUT2D eigenvalue weighted by Crippen LogP contribution is 2.55. The van der Waals surface area contributed by atoms with Crippen LogP contribution in [0.5, 0.6) is 0 Å². The third kappa shape index (κ3) is 4.04. The van der Waals surface area contributed by atoms with E-state index in [0.29, 0.717) is 5.92 Å². The molecular formula is C11H25N2O3P. The highest BCUT2D eigenvalue weighted by molar-refractivity contribution is 7.54. The van der Waals surface area contributed by atoms with Crippen LogP contribution in [0.15, 0.2) is 0 Å². The molecule has 17 heavy (non-hydrogen) atoms. The van der Waals surface area contributed by atoms with Crippen LogP contribution in [0.25, 0.3) is 0 Å². The van der Waals surface area contributed by atoms with Crippen LogP contribution in [-0.4, -0.2) is 39.1 Å². The summed E-state index contributed by atoms with van der Waals surface area (Å²) in [5, 5.41) is 1.82. The Morgan fingerprint density at radius 3 is 2.12 bits per heavy atom. The fraction of sp³-hybridized carbons (Fsp3) is 1.00. The number of hydrogen-bond donors (Lipinski definition) is 1. The largest absolute Gasteiger partial charge is 0.348 e. The molecule has 0 saturated heterocycles. The molecule has 0 aliphatic heterocycles. The van der Waals surface area contributed by atoms with Crippen LogP contribution in [0.4, 0.5) is 0 Å². The minimum atomic E-state index is -3.07. The molecule has 0 radical (unpaired) electrons. The van der Waals surface area contributed by atoms with Crippen molar-refractivity contribution in [3.05, 3.63) is 0 Å². The Kier molecular flexibility index (Phi) is 6.10. The predicted octanol–water partition coefficient (Wildman–Crippen LogP) is 2.44. The van der Waals surface area contributed by atoms with Gasteiger partial charge in [-0.3, -0.25) is 4.57 Å². The Balaban J connectivity index is 2.81. The van der Waals surface area contributed by atoms with Gasteiger partial charge in [-0.05, 0) is 18.8 Å². The normalized spacial score (nSPS) is 20.8. The maximum atomic E-state index is 12.6. The maximum Gasteiger partial charge on any atom is 0.348 e. The summed E-state index contributed by atoms with van der Waals surface area (Å²) in [5.74, 6) is 0.115. The van der Waals surface area contributed by atoms with Crippen molar-refractivity contribution < 1.29 is 13.6 Å². The van der Waals surface area contributed by atoms with E-state index in [4.69, 9.17) is 9.05 Å². The molecule has 0 amide bonds. The van der Waals surface area contributed by atoms with Crippen molar-refractivity contribution in [2.24, 2.45) is 5.92 Å². The second-order valence-corrected chi connectivity index (χ2v) is 7.14. The third-order valence-electron chi connectivity index (χ3n) is 3.34. The summed E-state index contributed by atoms with van der Waals surface area (Å²) in [5.41, 5.74) is 3.21. The van der Waals surface area contributed by atoms with Crippen molar-refractivity contribution in [3.63, 3.8) is 0 Å². The predicted molar refractivity (Wildman–Crippen MR) is 68.8 cm³/mol. The molecule has 1 aliphatic carbocycles. The lowest BCUT2D eigenvalue weighted by molar-refractivity contribution is 0.169. The molecule has 1 saturated carbocycles. The summed E-state index contributed by atoms with van der Waals surface area (Å²) in [6, 6.07) is 0. The minimum Gasteiger partial charge on any atom is -0.311 e. The van der Waals surface area contributed by atoms with E-state index < -0.39 is 7.60 Å². The standard InChI is InChI=1S/C11H25N2O3P/c1-13(2)12-11(17(14,15-3)16-4)10-8-6-5-7-9-10/h10-12H,5-9H2,1-4H3. The molecule has 6 heteroatoms. The molecule has 0 bridgehead atoms. The number of nitrogens with zero attached hydrogens (tertiary/aromatic N) is 1. The van der Waals surface area contributed by atoms with Gasteiger partial charge in [0.05, 0.1) is 0 Å². The summed E-state index contributed by atoms with van der Waals surface area (Å²) in [6.07, 6.45) is 5.84. The van der Waals surface area contributed by atoms with Crippen molar-refractivity contribution in [2.75, 3.05) is 28.3 Å². The smallest absolute Gasteiger partial charge is 0.311 e. The zero-order valence-electron chi connectivity index (χ0n) is 11.3. The first-order valence-electron chi connectivity index (χ1n) is 6.18. The molecule has 0 spiro atoms. The lowest BCUT2D eigenvalue weighted by Crippen LogP contribution is -2.45. The number of hydrogen-bond acceptors (Lipinski definition) is 5. The lowest BCUT2D eigenvalue weighted by Gasteiger charge is -2.35. The van der Waals surface area contributed by atoms with Crippen molar-refractivity contribution >= 4 is 7.60 Å². The molecule has 1 fully saturated rings. The molecule has 0 aromatic rings. The molecule has 1 unspecified atom stereocenters. The Labute approximate surface area is 104 Å². The van der Waals surface area contributed by atoms with Gasteiger partial charge in [0.25, 0.3) is 0 Å². The molecule has 0 aromatic heterocycles. The van der Waals surface area contributed by atoms with Gasteiger partial charge in [0.15, 0.2) is 0 Å². The molecule has 1 N–H and O–H groups in total. The van der Waals surface area contributed by atoms with Crippen LogP contribution in [0.1, 0.15) is 32.1 Å². The van der Waals surface area contributed by atoms with E-state index in [-0.39, 0.29) is 5.78 Å². The topological polar surface area (TPSA) is 50.8 Å². The molecule has 0 heterocycles. The quantitative estimate of drug-likeness (QED) is 0.590. The summed E-state index contributed by atoms with van der Waals surface area (Å²) >= 11 is 0. The lowest BCUT2D eigenvalue weighted by atomic mass is 9.89. The van der Waals surface area contributed by atoms with Crippen LogP contribution in [0.2, 0.25) is 0 Å². The summed E-state index contributed by atoms with van der Waals surface area (Å²) < 4.78 is 22.8. The molecule has 1 rings (SSSR count). The SMILES string of the molecule is COP(=O)(OC)C(NN(C)C)C1CCCCC1. The van der Waals surface area contributed by atoms with Crippen molar-refractivity contribution in [3.8, 4) is 0 Å². The van der Waals surface area contributed by atoms with E-state index in [1.54, 1.807) is 0 Å². The summed E-state index contributed by atoms with van der Waals surface area (Å²) in [4.78, 5) is 0. The summed E-state index contributed by atoms with van der Waals surface area (Å²) in [7, 11) is 3.63. The van der Waals surface area contributed by atoms with E-state index in [2.05, 4.69) is 5.43 Å². The monoisotopic (exact) mass is 264 g/mol. The maximum absolute atomic E-state index is 12.6. The van der Waals surface area contributed by atoms with Gasteiger partial charge in [-0.25, -0.2) is 10.4 Å². The van der Waals surface area contributed by atoms with E-state index >= 15 is 0 Å². The van der Waals surface area contributed by atoms with Gasteiger partial charge >= 0.3 is 7.60 Å². The molecule has 5 nitrogen and oxygen atoms in total. The van der Waals surface area contributed by atoms with Crippen LogP contribution in [0.3, 0.4) is 0 Å². The molecule has 1 aliphatic rings. The number of nitrogens with one attached hydrogen (secondary N) is 1. The fourth-order valence-electron chi connectivity index (χ4n) is 2.45. The third-order valence-corrected chi connectivity index (χ3v) is 5.57. The first-order chi connectivity index (χ1) is 8.03. The molecule has 1 atom stereocenters. The van der Waals surface area contributed by atoms with E-state index in [9.17, 15) is 4.57 Å². The van der Waals surface area contributed by atoms with Gasteiger partial charge in [0.1, 0.15) is 5.78 Å². The first-order valence-corrected chi connectivity index (χ1v) is 7.79. The van der Waals surface area contributed by atoms with Crippen LogP contribution >= 0.6 is 7.60 Å². The summed E-state index contributed by atoms with van der Waals surface area (Å²) in [6.45, 7) is 0. The molecular weight excluding hydrogens is 239 g/mol. The zero-order chi connectivity index (χ0) is 12.9. The van der Waals surface area contributed by atoms with Crippen LogP contribution < -0.4 is 5.43 Å². The van der Waals surface area contributed by atoms with Crippen molar-refractivity contribution in [2.45, 2.75) is 37.9 Å². The highest BCUT2D eigenvalue weighted by Gasteiger charge is 2.40.